The molecule has 0 amide bonds. The van der Waals surface area contributed by atoms with E-state index < -0.39 is 6.10 Å². The zero-order valence-electron chi connectivity index (χ0n) is 28.7. The molecule has 0 rings (SSSR count). The van der Waals surface area contributed by atoms with Crippen molar-refractivity contribution in [3.05, 3.63) is 12.2 Å². The minimum Gasteiger partial charge on any atom is -0.462 e. The van der Waals surface area contributed by atoms with E-state index in [1.54, 1.807) is 0 Å². The van der Waals surface area contributed by atoms with E-state index in [1.807, 2.05) is 0 Å². The van der Waals surface area contributed by atoms with Gasteiger partial charge in [0.25, 0.3) is 0 Å². The number of hydrogen-bond acceptors (Lipinski definition) is 5. The quantitative estimate of drug-likeness (QED) is 0.0447. The van der Waals surface area contributed by atoms with Gasteiger partial charge in [-0.25, -0.2) is 0 Å². The van der Waals surface area contributed by atoms with Crippen LogP contribution in [0.15, 0.2) is 12.2 Å². The Balaban J connectivity index is 3.48. The second kappa shape index (κ2) is 35.1. The smallest absolute Gasteiger partial charge is 0.306 e. The lowest BCUT2D eigenvalue weighted by Gasteiger charge is -2.15. The van der Waals surface area contributed by atoms with Crippen molar-refractivity contribution < 1.29 is 24.2 Å². The molecule has 1 atom stereocenters. The Kier molecular flexibility index (Phi) is 34.0. The number of ether oxygens (including phenoxy) is 2. The molecule has 254 valence electrons. The highest BCUT2D eigenvalue weighted by Gasteiger charge is 2.16. The van der Waals surface area contributed by atoms with Gasteiger partial charge in [0.15, 0.2) is 6.10 Å². The summed E-state index contributed by atoms with van der Waals surface area (Å²) in [4.78, 5) is 24.1. The number of hydrogen-bond donors (Lipinski definition) is 1. The van der Waals surface area contributed by atoms with E-state index in [0.29, 0.717) is 12.8 Å². The highest BCUT2D eigenvalue weighted by Crippen LogP contribution is 2.15. The van der Waals surface area contributed by atoms with E-state index in [1.165, 1.54) is 128 Å². The van der Waals surface area contributed by atoms with Crippen LogP contribution in [0.1, 0.15) is 200 Å². The summed E-state index contributed by atoms with van der Waals surface area (Å²) in [5, 5.41) is 9.50. The summed E-state index contributed by atoms with van der Waals surface area (Å²) in [6, 6.07) is 0. The van der Waals surface area contributed by atoms with Gasteiger partial charge in [-0.2, -0.15) is 0 Å². The molecule has 5 heteroatoms. The first kappa shape index (κ1) is 41.6. The van der Waals surface area contributed by atoms with Crippen molar-refractivity contribution in [3.63, 3.8) is 0 Å². The summed E-state index contributed by atoms with van der Waals surface area (Å²) in [5.41, 5.74) is 0. The molecule has 0 heterocycles. The minimum absolute atomic E-state index is 0.0637. The molecule has 0 aliphatic heterocycles. The minimum atomic E-state index is -0.767. The Morgan fingerprint density at radius 3 is 1.35 bits per heavy atom. The largest absolute Gasteiger partial charge is 0.462 e. The molecule has 0 aromatic heterocycles. The van der Waals surface area contributed by atoms with Crippen LogP contribution in [0.2, 0.25) is 0 Å². The number of carbonyl (C=O) groups is 2. The van der Waals surface area contributed by atoms with Gasteiger partial charge in [-0.3, -0.25) is 9.59 Å². The molecule has 0 spiro atoms. The van der Waals surface area contributed by atoms with Crippen molar-refractivity contribution in [2.24, 2.45) is 0 Å². The summed E-state index contributed by atoms with van der Waals surface area (Å²) in [6.45, 7) is 4.08. The second-order valence-corrected chi connectivity index (χ2v) is 12.7. The lowest BCUT2D eigenvalue weighted by Crippen LogP contribution is -2.28. The standard InChI is InChI=1S/C38H72O5/c1-3-5-7-9-11-13-15-16-17-18-19-20-21-22-23-25-26-28-30-32-37(40)42-35-36(34-39)43-38(41)33-31-29-27-24-14-12-10-8-6-4-2/h8,10,36,39H,3-7,9,11-35H2,1-2H3/b10-8-. The fraction of sp³-hybridized carbons (Fsp3) is 0.895. The Bertz CT molecular complexity index is 617. The molecule has 0 saturated heterocycles. The number of esters is 2. The number of rotatable bonds is 34. The van der Waals surface area contributed by atoms with E-state index in [-0.39, 0.29) is 25.2 Å². The van der Waals surface area contributed by atoms with Gasteiger partial charge < -0.3 is 14.6 Å². The summed E-state index contributed by atoms with van der Waals surface area (Å²) in [6.07, 6.45) is 38.5. The Morgan fingerprint density at radius 2 is 0.907 bits per heavy atom. The van der Waals surface area contributed by atoms with Crippen LogP contribution in [-0.2, 0) is 19.1 Å². The molecule has 0 bridgehead atoms. The van der Waals surface area contributed by atoms with Crippen LogP contribution in [0, 0.1) is 0 Å². The fourth-order valence-electron chi connectivity index (χ4n) is 5.44. The molecule has 1 N–H and O–H groups in total. The maximum atomic E-state index is 12.1. The maximum Gasteiger partial charge on any atom is 0.306 e. The van der Waals surface area contributed by atoms with Crippen LogP contribution < -0.4 is 0 Å². The highest BCUT2D eigenvalue weighted by molar-refractivity contribution is 5.70. The summed E-state index contributed by atoms with van der Waals surface area (Å²) in [5.74, 6) is -0.595. The van der Waals surface area contributed by atoms with Crippen molar-refractivity contribution >= 4 is 11.9 Å². The van der Waals surface area contributed by atoms with Gasteiger partial charge in [0.1, 0.15) is 6.61 Å². The SMILES string of the molecule is CCC/C=C\CCCCCCCC(=O)OC(CO)COC(=O)CCCCCCCCCCCCCCCCCCCCC. The van der Waals surface area contributed by atoms with Crippen molar-refractivity contribution in [2.45, 2.75) is 206 Å². The molecule has 0 aliphatic carbocycles. The third-order valence-electron chi connectivity index (χ3n) is 8.29. The predicted octanol–water partition coefficient (Wildman–Crippen LogP) is 11.3. The first-order valence-corrected chi connectivity index (χ1v) is 18.7. The molecule has 0 aromatic carbocycles. The third-order valence-corrected chi connectivity index (χ3v) is 8.29. The predicted molar refractivity (Wildman–Crippen MR) is 182 cm³/mol. The van der Waals surface area contributed by atoms with Gasteiger partial charge in [-0.1, -0.05) is 167 Å². The molecule has 0 aliphatic rings. The molecule has 0 radical (unpaired) electrons. The van der Waals surface area contributed by atoms with E-state index in [9.17, 15) is 14.7 Å². The van der Waals surface area contributed by atoms with E-state index in [2.05, 4.69) is 26.0 Å². The maximum absolute atomic E-state index is 12.1. The summed E-state index contributed by atoms with van der Waals surface area (Å²) >= 11 is 0. The van der Waals surface area contributed by atoms with Crippen molar-refractivity contribution in [2.75, 3.05) is 13.2 Å². The number of aliphatic hydroxyl groups is 1. The molecular formula is C38H72O5. The fourth-order valence-corrected chi connectivity index (χ4v) is 5.44. The zero-order chi connectivity index (χ0) is 31.5. The first-order chi connectivity index (χ1) is 21.1. The van der Waals surface area contributed by atoms with Crippen molar-refractivity contribution in [1.82, 2.24) is 0 Å². The molecule has 1 unspecified atom stereocenters. The van der Waals surface area contributed by atoms with Crippen LogP contribution in [0.3, 0.4) is 0 Å². The van der Waals surface area contributed by atoms with Crippen LogP contribution in [0.4, 0.5) is 0 Å². The molecule has 0 fully saturated rings. The molecule has 0 saturated carbocycles. The molecule has 43 heavy (non-hydrogen) atoms. The monoisotopic (exact) mass is 609 g/mol. The Hall–Kier alpha value is -1.36. The number of unbranched alkanes of at least 4 members (excludes halogenated alkanes) is 24. The average Bonchev–Trinajstić information content (AvgIpc) is 3.01. The Morgan fingerprint density at radius 1 is 0.512 bits per heavy atom. The van der Waals surface area contributed by atoms with E-state index in [0.717, 1.165) is 44.9 Å². The number of carbonyl (C=O) groups excluding carboxylic acids is 2. The van der Waals surface area contributed by atoms with Gasteiger partial charge >= 0.3 is 11.9 Å². The van der Waals surface area contributed by atoms with Gasteiger partial charge in [0.05, 0.1) is 6.61 Å². The topological polar surface area (TPSA) is 72.8 Å². The Labute approximate surface area is 267 Å². The van der Waals surface area contributed by atoms with Gasteiger partial charge in [-0.15, -0.1) is 0 Å². The zero-order valence-corrected chi connectivity index (χ0v) is 28.7. The van der Waals surface area contributed by atoms with Crippen LogP contribution in [-0.4, -0.2) is 36.4 Å². The highest BCUT2D eigenvalue weighted by atomic mass is 16.6. The summed E-state index contributed by atoms with van der Waals surface area (Å²) < 4.78 is 10.6. The number of aliphatic hydroxyl groups excluding tert-OH is 1. The molecular weight excluding hydrogens is 536 g/mol. The van der Waals surface area contributed by atoms with Crippen LogP contribution in [0.5, 0.6) is 0 Å². The van der Waals surface area contributed by atoms with E-state index >= 15 is 0 Å². The van der Waals surface area contributed by atoms with Crippen molar-refractivity contribution in [1.29, 1.82) is 0 Å². The normalized spacial score (nSPS) is 12.2. The lowest BCUT2D eigenvalue weighted by molar-refractivity contribution is -0.161. The van der Waals surface area contributed by atoms with Gasteiger partial charge in [-0.05, 0) is 32.1 Å². The number of allylic oxidation sites excluding steroid dienone is 2. The summed E-state index contributed by atoms with van der Waals surface area (Å²) in [7, 11) is 0. The van der Waals surface area contributed by atoms with Gasteiger partial charge in [0.2, 0.25) is 0 Å². The van der Waals surface area contributed by atoms with Gasteiger partial charge in [0, 0.05) is 12.8 Å². The third kappa shape index (κ3) is 33.4. The molecule has 0 aromatic rings. The van der Waals surface area contributed by atoms with Crippen LogP contribution in [0.25, 0.3) is 0 Å². The second-order valence-electron chi connectivity index (χ2n) is 12.7. The first-order valence-electron chi connectivity index (χ1n) is 18.7. The molecule has 5 nitrogen and oxygen atoms in total. The van der Waals surface area contributed by atoms with Crippen LogP contribution >= 0.6 is 0 Å². The average molecular weight is 609 g/mol. The van der Waals surface area contributed by atoms with Crippen molar-refractivity contribution in [3.8, 4) is 0 Å². The van der Waals surface area contributed by atoms with E-state index in [4.69, 9.17) is 9.47 Å². The lowest BCUT2D eigenvalue weighted by atomic mass is 10.0.